The number of hydrogen-bond donors (Lipinski definition) is 1. The van der Waals surface area contributed by atoms with Crippen LogP contribution in [0.3, 0.4) is 0 Å². The summed E-state index contributed by atoms with van der Waals surface area (Å²) in [5.74, 6) is 0.697. The van der Waals surface area contributed by atoms with E-state index in [9.17, 15) is 9.59 Å². The minimum absolute atomic E-state index is 0.0699. The quantitative estimate of drug-likeness (QED) is 0.825. The second kappa shape index (κ2) is 9.08. The standard InChI is InChI=1S/C21H26N2O2S/c1-23(17-10-3-2-4-11-17)21(25)15-26-14-20(24)22-19-13-7-9-16-8-5-6-12-18(16)19/h5-9,12-13,17H,2-4,10-11,14-15H2,1H3,(H,22,24). The van der Waals surface area contributed by atoms with Crippen LogP contribution in [0.15, 0.2) is 42.5 Å². The lowest BCUT2D eigenvalue weighted by Crippen LogP contribution is -2.39. The van der Waals surface area contributed by atoms with Crippen molar-refractivity contribution < 1.29 is 9.59 Å². The van der Waals surface area contributed by atoms with Crippen molar-refractivity contribution in [3.63, 3.8) is 0 Å². The Morgan fingerprint density at radius 2 is 1.77 bits per heavy atom. The van der Waals surface area contributed by atoms with Gasteiger partial charge in [0.25, 0.3) is 0 Å². The highest BCUT2D eigenvalue weighted by Crippen LogP contribution is 2.24. The first-order valence-corrected chi connectivity index (χ1v) is 10.4. The van der Waals surface area contributed by atoms with Gasteiger partial charge < -0.3 is 10.2 Å². The van der Waals surface area contributed by atoms with Crippen molar-refractivity contribution in [2.45, 2.75) is 38.1 Å². The Kier molecular flexibility index (Phi) is 6.56. The van der Waals surface area contributed by atoms with Crippen molar-refractivity contribution in [2.24, 2.45) is 0 Å². The molecule has 4 nitrogen and oxygen atoms in total. The highest BCUT2D eigenvalue weighted by atomic mass is 32.2. The maximum Gasteiger partial charge on any atom is 0.234 e. The smallest absolute Gasteiger partial charge is 0.234 e. The lowest BCUT2D eigenvalue weighted by Gasteiger charge is -2.31. The predicted molar refractivity (Wildman–Crippen MR) is 110 cm³/mol. The zero-order valence-electron chi connectivity index (χ0n) is 15.2. The SMILES string of the molecule is CN(C(=O)CSCC(=O)Nc1cccc2ccccc12)C1CCCCC1. The number of carbonyl (C=O) groups is 2. The Bertz CT molecular complexity index is 766. The lowest BCUT2D eigenvalue weighted by atomic mass is 9.94. The summed E-state index contributed by atoms with van der Waals surface area (Å²) in [6, 6.07) is 14.2. The number of hydrogen-bond acceptors (Lipinski definition) is 3. The number of amides is 2. The Balaban J connectivity index is 1.47. The second-order valence-corrected chi connectivity index (χ2v) is 7.85. The third kappa shape index (κ3) is 4.79. The number of fused-ring (bicyclic) bond motifs is 1. The summed E-state index contributed by atoms with van der Waals surface area (Å²) in [4.78, 5) is 26.5. The van der Waals surface area contributed by atoms with Crippen LogP contribution in [0.5, 0.6) is 0 Å². The van der Waals surface area contributed by atoms with Gasteiger partial charge in [0.05, 0.1) is 11.5 Å². The minimum Gasteiger partial charge on any atom is -0.342 e. The van der Waals surface area contributed by atoms with Crippen LogP contribution in [0.4, 0.5) is 5.69 Å². The van der Waals surface area contributed by atoms with Gasteiger partial charge in [0.1, 0.15) is 0 Å². The number of benzene rings is 2. The molecule has 0 spiro atoms. The number of rotatable bonds is 6. The van der Waals surface area contributed by atoms with Gasteiger partial charge in [-0.05, 0) is 24.3 Å². The van der Waals surface area contributed by atoms with E-state index in [4.69, 9.17) is 0 Å². The first-order chi connectivity index (χ1) is 12.6. The lowest BCUT2D eigenvalue weighted by molar-refractivity contribution is -0.129. The summed E-state index contributed by atoms with van der Waals surface area (Å²) in [5, 5.41) is 5.09. The van der Waals surface area contributed by atoms with Gasteiger partial charge in [0, 0.05) is 24.2 Å². The molecule has 0 radical (unpaired) electrons. The van der Waals surface area contributed by atoms with E-state index in [-0.39, 0.29) is 17.6 Å². The molecule has 0 unspecified atom stereocenters. The van der Waals surface area contributed by atoms with Crippen LogP contribution >= 0.6 is 11.8 Å². The maximum absolute atomic E-state index is 12.3. The zero-order valence-corrected chi connectivity index (χ0v) is 16.1. The monoisotopic (exact) mass is 370 g/mol. The Morgan fingerprint density at radius 1 is 1.04 bits per heavy atom. The third-order valence-corrected chi connectivity index (χ3v) is 5.96. The average molecular weight is 371 g/mol. The Morgan fingerprint density at radius 3 is 2.58 bits per heavy atom. The fourth-order valence-corrected chi connectivity index (χ4v) is 4.26. The molecule has 0 bridgehead atoms. The number of nitrogens with one attached hydrogen (secondary N) is 1. The molecule has 2 aromatic rings. The predicted octanol–water partition coefficient (Wildman–Crippen LogP) is 4.30. The minimum atomic E-state index is -0.0699. The molecule has 0 aliphatic heterocycles. The first-order valence-electron chi connectivity index (χ1n) is 9.26. The molecule has 0 saturated heterocycles. The van der Waals surface area contributed by atoms with Crippen molar-refractivity contribution in [1.82, 2.24) is 4.90 Å². The van der Waals surface area contributed by atoms with Gasteiger partial charge in [-0.15, -0.1) is 11.8 Å². The molecule has 138 valence electrons. The van der Waals surface area contributed by atoms with E-state index < -0.39 is 0 Å². The number of thioether (sulfide) groups is 1. The van der Waals surface area contributed by atoms with Crippen LogP contribution in [0.25, 0.3) is 10.8 Å². The number of carbonyl (C=O) groups excluding carboxylic acids is 2. The number of anilines is 1. The van der Waals surface area contributed by atoms with E-state index in [1.165, 1.54) is 31.0 Å². The molecule has 1 saturated carbocycles. The van der Waals surface area contributed by atoms with Crippen LogP contribution in [-0.4, -0.2) is 41.3 Å². The molecule has 0 aromatic heterocycles. The molecule has 26 heavy (non-hydrogen) atoms. The Hall–Kier alpha value is -2.01. The maximum atomic E-state index is 12.3. The third-order valence-electron chi connectivity index (χ3n) is 5.04. The van der Waals surface area contributed by atoms with Crippen LogP contribution in [0.2, 0.25) is 0 Å². The molecule has 0 atom stereocenters. The molecule has 1 aliphatic rings. The van der Waals surface area contributed by atoms with Crippen molar-refractivity contribution in [1.29, 1.82) is 0 Å². The molecular formula is C21H26N2O2S. The van der Waals surface area contributed by atoms with E-state index in [1.807, 2.05) is 54.4 Å². The summed E-state index contributed by atoms with van der Waals surface area (Å²) in [7, 11) is 1.90. The van der Waals surface area contributed by atoms with Crippen molar-refractivity contribution in [3.05, 3.63) is 42.5 Å². The molecule has 1 fully saturated rings. The normalized spacial score (nSPS) is 15.0. The molecule has 1 N–H and O–H groups in total. The second-order valence-electron chi connectivity index (χ2n) is 6.86. The molecule has 0 heterocycles. The Labute approximate surface area is 159 Å². The van der Waals surface area contributed by atoms with Crippen molar-refractivity contribution >= 4 is 40.0 Å². The summed E-state index contributed by atoms with van der Waals surface area (Å²) < 4.78 is 0. The summed E-state index contributed by atoms with van der Waals surface area (Å²) in [5.41, 5.74) is 0.819. The summed E-state index contributed by atoms with van der Waals surface area (Å²) >= 11 is 1.38. The van der Waals surface area contributed by atoms with E-state index >= 15 is 0 Å². The first kappa shape index (κ1) is 18.8. The summed E-state index contributed by atoms with van der Waals surface area (Å²) in [6.07, 6.45) is 5.91. The molecular weight excluding hydrogens is 344 g/mol. The van der Waals surface area contributed by atoms with E-state index in [0.717, 1.165) is 29.3 Å². The molecule has 1 aliphatic carbocycles. The van der Waals surface area contributed by atoms with Crippen LogP contribution in [0, 0.1) is 0 Å². The number of nitrogens with zero attached hydrogens (tertiary/aromatic N) is 1. The largest absolute Gasteiger partial charge is 0.342 e. The van der Waals surface area contributed by atoms with E-state index in [0.29, 0.717) is 11.8 Å². The fraction of sp³-hybridized carbons (Fsp3) is 0.429. The van der Waals surface area contributed by atoms with E-state index in [1.54, 1.807) is 0 Å². The molecule has 3 rings (SSSR count). The highest BCUT2D eigenvalue weighted by Gasteiger charge is 2.21. The van der Waals surface area contributed by atoms with Crippen molar-refractivity contribution in [2.75, 3.05) is 23.9 Å². The van der Waals surface area contributed by atoms with Gasteiger partial charge in [-0.25, -0.2) is 0 Å². The van der Waals surface area contributed by atoms with Crippen LogP contribution in [0.1, 0.15) is 32.1 Å². The average Bonchev–Trinajstić information content (AvgIpc) is 2.68. The van der Waals surface area contributed by atoms with Gasteiger partial charge >= 0.3 is 0 Å². The zero-order chi connectivity index (χ0) is 18.4. The van der Waals surface area contributed by atoms with Crippen LogP contribution < -0.4 is 5.32 Å². The molecule has 2 amide bonds. The van der Waals surface area contributed by atoms with Gasteiger partial charge in [-0.2, -0.15) is 0 Å². The van der Waals surface area contributed by atoms with E-state index in [2.05, 4.69) is 5.32 Å². The van der Waals surface area contributed by atoms with Crippen molar-refractivity contribution in [3.8, 4) is 0 Å². The van der Waals surface area contributed by atoms with Gasteiger partial charge in [-0.1, -0.05) is 55.7 Å². The van der Waals surface area contributed by atoms with Gasteiger partial charge in [0.15, 0.2) is 0 Å². The highest BCUT2D eigenvalue weighted by molar-refractivity contribution is 8.00. The molecule has 5 heteroatoms. The van der Waals surface area contributed by atoms with Crippen LogP contribution in [-0.2, 0) is 9.59 Å². The molecule has 2 aromatic carbocycles. The summed E-state index contributed by atoms with van der Waals surface area (Å²) in [6.45, 7) is 0. The van der Waals surface area contributed by atoms with Gasteiger partial charge in [-0.3, -0.25) is 9.59 Å². The fourth-order valence-electron chi connectivity index (χ4n) is 3.53. The van der Waals surface area contributed by atoms with Gasteiger partial charge in [0.2, 0.25) is 11.8 Å². The topological polar surface area (TPSA) is 49.4 Å².